The summed E-state index contributed by atoms with van der Waals surface area (Å²) in [5, 5.41) is 12.6. The van der Waals surface area contributed by atoms with Gasteiger partial charge in [-0.2, -0.15) is 0 Å². The Bertz CT molecular complexity index is 991. The van der Waals surface area contributed by atoms with Crippen molar-refractivity contribution in [1.29, 1.82) is 0 Å². The molecular formula is C21H23ClN4OS. The summed E-state index contributed by atoms with van der Waals surface area (Å²) >= 11 is 7.34. The first kappa shape index (κ1) is 20.4. The number of nitrogens with zero attached hydrogens (tertiary/aromatic N) is 3. The molecule has 5 nitrogen and oxygen atoms in total. The van der Waals surface area contributed by atoms with E-state index >= 15 is 0 Å². The molecule has 1 N–H and O–H groups in total. The molecule has 146 valence electrons. The monoisotopic (exact) mass is 414 g/mol. The minimum absolute atomic E-state index is 0.0592. The Labute approximate surface area is 174 Å². The SMILES string of the molecule is Cc1cc(C)c(NC(=O)C(C)Sc2nnc(-c3ccc(Cl)cc3)n2C)c(C)c1. The molecule has 0 radical (unpaired) electrons. The number of carbonyl (C=O) groups excluding carboxylic acids is 1. The largest absolute Gasteiger partial charge is 0.325 e. The first-order valence-corrected chi connectivity index (χ1v) is 10.2. The third-order valence-electron chi connectivity index (χ3n) is 4.51. The van der Waals surface area contributed by atoms with Crippen molar-refractivity contribution in [3.63, 3.8) is 0 Å². The van der Waals surface area contributed by atoms with Crippen molar-refractivity contribution in [3.05, 3.63) is 58.1 Å². The molecule has 3 rings (SSSR count). The summed E-state index contributed by atoms with van der Waals surface area (Å²) in [6.07, 6.45) is 0. The van der Waals surface area contributed by atoms with Crippen LogP contribution in [0.5, 0.6) is 0 Å². The number of thioether (sulfide) groups is 1. The lowest BCUT2D eigenvalue weighted by atomic mass is 10.1. The Kier molecular flexibility index (Phi) is 6.10. The van der Waals surface area contributed by atoms with Crippen LogP contribution in [-0.2, 0) is 11.8 Å². The number of halogens is 1. The van der Waals surface area contributed by atoms with E-state index in [1.807, 2.05) is 56.7 Å². The summed E-state index contributed by atoms with van der Waals surface area (Å²) in [6, 6.07) is 11.6. The Hall–Kier alpha value is -2.31. The molecule has 0 aliphatic rings. The number of carbonyl (C=O) groups is 1. The van der Waals surface area contributed by atoms with Gasteiger partial charge in [0, 0.05) is 23.3 Å². The Balaban J connectivity index is 1.74. The molecule has 1 atom stereocenters. The van der Waals surface area contributed by atoms with Gasteiger partial charge in [-0.05, 0) is 63.1 Å². The summed E-state index contributed by atoms with van der Waals surface area (Å²) in [5.74, 6) is 0.674. The van der Waals surface area contributed by atoms with Gasteiger partial charge >= 0.3 is 0 Å². The minimum atomic E-state index is -0.318. The van der Waals surface area contributed by atoms with Crippen molar-refractivity contribution in [2.75, 3.05) is 5.32 Å². The third-order valence-corrected chi connectivity index (χ3v) is 5.90. The van der Waals surface area contributed by atoms with Gasteiger partial charge in [-0.1, -0.05) is 41.1 Å². The maximum atomic E-state index is 12.7. The van der Waals surface area contributed by atoms with E-state index in [1.165, 1.54) is 17.3 Å². The number of rotatable bonds is 5. The zero-order chi connectivity index (χ0) is 20.4. The molecule has 1 unspecified atom stereocenters. The molecule has 2 aromatic carbocycles. The number of hydrogen-bond donors (Lipinski definition) is 1. The van der Waals surface area contributed by atoms with Gasteiger partial charge in [-0.25, -0.2) is 0 Å². The summed E-state index contributed by atoms with van der Waals surface area (Å²) in [6.45, 7) is 7.94. The van der Waals surface area contributed by atoms with E-state index in [1.54, 1.807) is 0 Å². The van der Waals surface area contributed by atoms with Crippen LogP contribution in [0.25, 0.3) is 11.4 Å². The van der Waals surface area contributed by atoms with E-state index < -0.39 is 0 Å². The van der Waals surface area contributed by atoms with Gasteiger partial charge in [0.25, 0.3) is 0 Å². The van der Waals surface area contributed by atoms with Crippen LogP contribution in [0, 0.1) is 20.8 Å². The van der Waals surface area contributed by atoms with Crippen LogP contribution < -0.4 is 5.32 Å². The molecular weight excluding hydrogens is 392 g/mol. The topological polar surface area (TPSA) is 59.8 Å². The second-order valence-electron chi connectivity index (χ2n) is 6.90. The number of benzene rings is 2. The van der Waals surface area contributed by atoms with Crippen molar-refractivity contribution in [3.8, 4) is 11.4 Å². The molecule has 7 heteroatoms. The maximum absolute atomic E-state index is 12.7. The zero-order valence-corrected chi connectivity index (χ0v) is 18.1. The van der Waals surface area contributed by atoms with E-state index in [4.69, 9.17) is 11.6 Å². The number of amides is 1. The van der Waals surface area contributed by atoms with E-state index in [-0.39, 0.29) is 11.2 Å². The number of hydrogen-bond acceptors (Lipinski definition) is 4. The van der Waals surface area contributed by atoms with Gasteiger partial charge in [0.15, 0.2) is 11.0 Å². The molecule has 0 aliphatic heterocycles. The quantitative estimate of drug-likeness (QED) is 0.584. The van der Waals surface area contributed by atoms with Gasteiger partial charge in [0.05, 0.1) is 5.25 Å². The van der Waals surface area contributed by atoms with Crippen LogP contribution in [0.1, 0.15) is 23.6 Å². The van der Waals surface area contributed by atoms with Crippen LogP contribution >= 0.6 is 23.4 Å². The highest BCUT2D eigenvalue weighted by Gasteiger charge is 2.20. The summed E-state index contributed by atoms with van der Waals surface area (Å²) in [4.78, 5) is 12.7. The highest BCUT2D eigenvalue weighted by atomic mass is 35.5. The fourth-order valence-corrected chi connectivity index (χ4v) is 4.02. The predicted octanol–water partition coefficient (Wildman–Crippen LogP) is 5.18. The third kappa shape index (κ3) is 4.39. The smallest absolute Gasteiger partial charge is 0.237 e. The van der Waals surface area contributed by atoms with E-state index in [0.29, 0.717) is 10.2 Å². The van der Waals surface area contributed by atoms with Crippen LogP contribution in [-0.4, -0.2) is 25.9 Å². The molecule has 1 heterocycles. The Morgan fingerprint density at radius 2 is 1.71 bits per heavy atom. The first-order chi connectivity index (χ1) is 13.3. The lowest BCUT2D eigenvalue weighted by molar-refractivity contribution is -0.115. The number of aromatic nitrogens is 3. The highest BCUT2D eigenvalue weighted by molar-refractivity contribution is 8.00. The molecule has 0 spiro atoms. The van der Waals surface area contributed by atoms with Crippen molar-refractivity contribution in [2.24, 2.45) is 7.05 Å². The lowest BCUT2D eigenvalue weighted by Crippen LogP contribution is -2.23. The molecule has 0 saturated carbocycles. The van der Waals surface area contributed by atoms with Gasteiger partial charge < -0.3 is 9.88 Å². The first-order valence-electron chi connectivity index (χ1n) is 8.97. The molecule has 0 saturated heterocycles. The molecule has 0 fully saturated rings. The predicted molar refractivity (Wildman–Crippen MR) is 116 cm³/mol. The molecule has 0 aliphatic carbocycles. The van der Waals surface area contributed by atoms with Crippen LogP contribution in [0.3, 0.4) is 0 Å². The van der Waals surface area contributed by atoms with Gasteiger partial charge in [0.1, 0.15) is 0 Å². The molecule has 0 bridgehead atoms. The number of anilines is 1. The maximum Gasteiger partial charge on any atom is 0.237 e. The lowest BCUT2D eigenvalue weighted by Gasteiger charge is -2.16. The van der Waals surface area contributed by atoms with Crippen molar-refractivity contribution in [2.45, 2.75) is 38.1 Å². The fraction of sp³-hybridized carbons (Fsp3) is 0.286. The van der Waals surface area contributed by atoms with Gasteiger partial charge in [-0.3, -0.25) is 4.79 Å². The number of nitrogens with one attached hydrogen (secondary N) is 1. The second kappa shape index (κ2) is 8.37. The summed E-state index contributed by atoms with van der Waals surface area (Å²) in [7, 11) is 1.89. The molecule has 1 aromatic heterocycles. The molecule has 3 aromatic rings. The van der Waals surface area contributed by atoms with Gasteiger partial charge in [-0.15, -0.1) is 10.2 Å². The van der Waals surface area contributed by atoms with E-state index in [2.05, 4.69) is 34.6 Å². The standard InChI is InChI=1S/C21H23ClN4OS/c1-12-10-13(2)18(14(3)11-12)23-20(27)15(4)28-21-25-24-19(26(21)5)16-6-8-17(22)9-7-16/h6-11,15H,1-5H3,(H,23,27). The number of aryl methyl sites for hydroxylation is 3. The van der Waals surface area contributed by atoms with Crippen LogP contribution in [0.2, 0.25) is 5.02 Å². The van der Waals surface area contributed by atoms with E-state index in [0.717, 1.165) is 28.2 Å². The zero-order valence-electron chi connectivity index (χ0n) is 16.6. The Morgan fingerprint density at radius 3 is 2.32 bits per heavy atom. The normalized spacial score (nSPS) is 12.1. The second-order valence-corrected chi connectivity index (χ2v) is 8.64. The van der Waals surface area contributed by atoms with Gasteiger partial charge in [0.2, 0.25) is 5.91 Å². The Morgan fingerprint density at radius 1 is 1.11 bits per heavy atom. The van der Waals surface area contributed by atoms with Crippen LogP contribution in [0.15, 0.2) is 41.6 Å². The summed E-state index contributed by atoms with van der Waals surface area (Å²) in [5.41, 5.74) is 5.11. The van der Waals surface area contributed by atoms with Crippen LogP contribution in [0.4, 0.5) is 5.69 Å². The molecule has 1 amide bonds. The minimum Gasteiger partial charge on any atom is -0.325 e. The van der Waals surface area contributed by atoms with Crippen molar-refractivity contribution in [1.82, 2.24) is 14.8 Å². The van der Waals surface area contributed by atoms with E-state index in [9.17, 15) is 4.79 Å². The molecule has 28 heavy (non-hydrogen) atoms. The average molecular weight is 415 g/mol. The average Bonchev–Trinajstić information content (AvgIpc) is 2.99. The summed E-state index contributed by atoms with van der Waals surface area (Å²) < 4.78 is 1.89. The van der Waals surface area contributed by atoms with Crippen molar-refractivity contribution < 1.29 is 4.79 Å². The highest BCUT2D eigenvalue weighted by Crippen LogP contribution is 2.28. The van der Waals surface area contributed by atoms with Crippen molar-refractivity contribution >= 4 is 35.0 Å². The fourth-order valence-electron chi connectivity index (χ4n) is 3.08.